The minimum Gasteiger partial charge on any atom is -0.445 e. The highest BCUT2D eigenvalue weighted by Crippen LogP contribution is 2.28. The molecule has 1 amide bonds. The molecule has 2 aromatic heterocycles. The van der Waals surface area contributed by atoms with Gasteiger partial charge in [-0.05, 0) is 36.6 Å². The Morgan fingerprint density at radius 3 is 2.85 bits per heavy atom. The fourth-order valence-corrected chi connectivity index (χ4v) is 3.51. The lowest BCUT2D eigenvalue weighted by Gasteiger charge is -2.31. The summed E-state index contributed by atoms with van der Waals surface area (Å²) in [5.41, 5.74) is 1.55. The minimum atomic E-state index is -0.252. The van der Waals surface area contributed by atoms with E-state index in [0.717, 1.165) is 30.7 Å². The second kappa shape index (κ2) is 7.34. The molecule has 7 heteroatoms. The number of halogens is 1. The monoisotopic (exact) mass is 368 g/mol. The van der Waals surface area contributed by atoms with E-state index in [1.54, 1.807) is 42.3 Å². The Bertz CT molecular complexity index is 932. The van der Waals surface area contributed by atoms with Crippen molar-refractivity contribution in [3.05, 3.63) is 71.5 Å². The number of piperidine rings is 1. The number of benzene rings is 1. The van der Waals surface area contributed by atoms with Gasteiger partial charge in [0.05, 0.1) is 12.1 Å². The van der Waals surface area contributed by atoms with E-state index in [1.807, 2.05) is 4.90 Å². The van der Waals surface area contributed by atoms with Crippen molar-refractivity contribution in [2.75, 3.05) is 13.1 Å². The first-order chi connectivity index (χ1) is 13.1. The van der Waals surface area contributed by atoms with E-state index in [1.165, 1.54) is 12.1 Å². The van der Waals surface area contributed by atoms with Gasteiger partial charge in [0.25, 0.3) is 5.91 Å². The third kappa shape index (κ3) is 3.77. The average Bonchev–Trinajstić information content (AvgIpc) is 3.32. The van der Waals surface area contributed by atoms with Gasteiger partial charge in [-0.15, -0.1) is 0 Å². The number of carbonyl (C=O) groups excluding carboxylic acids is 1. The zero-order valence-corrected chi connectivity index (χ0v) is 15.1. The highest BCUT2D eigenvalue weighted by Gasteiger charge is 2.29. The maximum absolute atomic E-state index is 13.0. The quantitative estimate of drug-likeness (QED) is 0.710. The second-order valence-corrected chi connectivity index (χ2v) is 6.90. The number of aryl methyl sites for hydroxylation is 1. The van der Waals surface area contributed by atoms with Crippen LogP contribution in [0.15, 0.2) is 47.1 Å². The standard InChI is InChI=1S/C20H21FN4O2/c1-24-18(8-9-23-24)20(26)25-10-2-3-15(13-25)19-22-12-17(27-19)11-14-4-6-16(21)7-5-14/h4-9,12,15H,2-3,10-11,13H2,1H3/t15-/m0/s1. The molecule has 4 rings (SSSR count). The lowest BCUT2D eigenvalue weighted by molar-refractivity contribution is 0.0686. The molecule has 0 unspecified atom stereocenters. The molecule has 1 aliphatic rings. The molecule has 0 aliphatic carbocycles. The average molecular weight is 368 g/mol. The van der Waals surface area contributed by atoms with Crippen molar-refractivity contribution in [2.24, 2.45) is 7.05 Å². The smallest absolute Gasteiger partial charge is 0.272 e. The number of oxazole rings is 1. The van der Waals surface area contributed by atoms with Gasteiger partial charge in [0, 0.05) is 32.8 Å². The topological polar surface area (TPSA) is 64.2 Å². The van der Waals surface area contributed by atoms with Crippen molar-refractivity contribution < 1.29 is 13.6 Å². The molecular formula is C20H21FN4O2. The number of nitrogens with zero attached hydrogens (tertiary/aromatic N) is 4. The number of likely N-dealkylation sites (tertiary alicyclic amines) is 1. The third-order valence-electron chi connectivity index (χ3n) is 4.96. The molecule has 0 bridgehead atoms. The van der Waals surface area contributed by atoms with Crippen LogP contribution in [-0.4, -0.2) is 38.7 Å². The van der Waals surface area contributed by atoms with Gasteiger partial charge >= 0.3 is 0 Å². The Morgan fingerprint density at radius 1 is 1.30 bits per heavy atom. The molecule has 1 aromatic carbocycles. The van der Waals surface area contributed by atoms with Crippen LogP contribution in [-0.2, 0) is 13.5 Å². The van der Waals surface area contributed by atoms with Crippen LogP contribution < -0.4 is 0 Å². The molecule has 0 spiro atoms. The fourth-order valence-electron chi connectivity index (χ4n) is 3.51. The Hall–Kier alpha value is -2.96. The third-order valence-corrected chi connectivity index (χ3v) is 4.96. The molecule has 0 N–H and O–H groups in total. The van der Waals surface area contributed by atoms with Gasteiger partial charge < -0.3 is 9.32 Å². The van der Waals surface area contributed by atoms with E-state index in [4.69, 9.17) is 4.42 Å². The number of hydrogen-bond acceptors (Lipinski definition) is 4. The van der Waals surface area contributed by atoms with E-state index in [2.05, 4.69) is 10.1 Å². The van der Waals surface area contributed by atoms with E-state index in [0.29, 0.717) is 24.6 Å². The number of hydrogen-bond donors (Lipinski definition) is 0. The van der Waals surface area contributed by atoms with Crippen molar-refractivity contribution in [3.63, 3.8) is 0 Å². The van der Waals surface area contributed by atoms with E-state index < -0.39 is 0 Å². The van der Waals surface area contributed by atoms with Crippen LogP contribution in [0.4, 0.5) is 4.39 Å². The SMILES string of the molecule is Cn1nccc1C(=O)N1CCC[C@H](c2ncc(Cc3ccc(F)cc3)o2)C1. The lowest BCUT2D eigenvalue weighted by Crippen LogP contribution is -2.40. The van der Waals surface area contributed by atoms with Gasteiger partial charge in [-0.1, -0.05) is 12.1 Å². The molecule has 1 aliphatic heterocycles. The van der Waals surface area contributed by atoms with Crippen LogP contribution in [0.5, 0.6) is 0 Å². The maximum Gasteiger partial charge on any atom is 0.272 e. The zero-order chi connectivity index (χ0) is 18.8. The summed E-state index contributed by atoms with van der Waals surface area (Å²) >= 11 is 0. The molecule has 1 fully saturated rings. The minimum absolute atomic E-state index is 0.0159. The lowest BCUT2D eigenvalue weighted by atomic mass is 9.97. The van der Waals surface area contributed by atoms with Gasteiger partial charge in [0.15, 0.2) is 5.89 Å². The molecular weight excluding hydrogens is 347 g/mol. The largest absolute Gasteiger partial charge is 0.445 e. The van der Waals surface area contributed by atoms with E-state index in [9.17, 15) is 9.18 Å². The predicted molar refractivity (Wildman–Crippen MR) is 96.8 cm³/mol. The zero-order valence-electron chi connectivity index (χ0n) is 15.1. The highest BCUT2D eigenvalue weighted by molar-refractivity contribution is 5.92. The molecule has 1 atom stereocenters. The van der Waals surface area contributed by atoms with Crippen molar-refractivity contribution in [1.29, 1.82) is 0 Å². The molecule has 0 saturated carbocycles. The second-order valence-electron chi connectivity index (χ2n) is 6.90. The summed E-state index contributed by atoms with van der Waals surface area (Å²) < 4.78 is 20.6. The van der Waals surface area contributed by atoms with Crippen LogP contribution in [0.3, 0.4) is 0 Å². The normalized spacial score (nSPS) is 17.3. The van der Waals surface area contributed by atoms with Gasteiger partial charge in [0.1, 0.15) is 17.3 Å². The highest BCUT2D eigenvalue weighted by atomic mass is 19.1. The van der Waals surface area contributed by atoms with Gasteiger partial charge in [-0.2, -0.15) is 5.10 Å². The Labute approximate surface area is 156 Å². The first-order valence-corrected chi connectivity index (χ1v) is 9.06. The van der Waals surface area contributed by atoms with Gasteiger partial charge in [-0.25, -0.2) is 9.37 Å². The van der Waals surface area contributed by atoms with E-state index in [-0.39, 0.29) is 17.6 Å². The van der Waals surface area contributed by atoms with Crippen LogP contribution in [0.25, 0.3) is 0 Å². The van der Waals surface area contributed by atoms with Gasteiger partial charge in [-0.3, -0.25) is 9.48 Å². The molecule has 6 nitrogen and oxygen atoms in total. The molecule has 3 heterocycles. The Balaban J connectivity index is 1.44. The maximum atomic E-state index is 13.0. The first-order valence-electron chi connectivity index (χ1n) is 9.06. The number of amides is 1. The summed E-state index contributed by atoms with van der Waals surface area (Å²) in [6.45, 7) is 1.31. The summed E-state index contributed by atoms with van der Waals surface area (Å²) in [5.74, 6) is 1.22. The summed E-state index contributed by atoms with van der Waals surface area (Å²) in [7, 11) is 1.77. The van der Waals surface area contributed by atoms with Crippen LogP contribution in [0.2, 0.25) is 0 Å². The van der Waals surface area contributed by atoms with Crippen molar-refractivity contribution in [3.8, 4) is 0 Å². The molecule has 140 valence electrons. The van der Waals surface area contributed by atoms with Gasteiger partial charge in [0.2, 0.25) is 0 Å². The summed E-state index contributed by atoms with van der Waals surface area (Å²) in [6, 6.07) is 8.10. The summed E-state index contributed by atoms with van der Waals surface area (Å²) in [5, 5.41) is 4.07. The number of aromatic nitrogens is 3. The van der Waals surface area contributed by atoms with Crippen LogP contribution in [0.1, 0.15) is 46.5 Å². The van der Waals surface area contributed by atoms with Crippen LogP contribution >= 0.6 is 0 Å². The Morgan fingerprint density at radius 2 is 2.11 bits per heavy atom. The van der Waals surface area contributed by atoms with Crippen molar-refractivity contribution in [2.45, 2.75) is 25.2 Å². The first kappa shape index (κ1) is 17.5. The number of rotatable bonds is 4. The molecule has 27 heavy (non-hydrogen) atoms. The van der Waals surface area contributed by atoms with Crippen molar-refractivity contribution in [1.82, 2.24) is 19.7 Å². The summed E-state index contributed by atoms with van der Waals surface area (Å²) in [4.78, 5) is 19.0. The molecule has 3 aromatic rings. The molecule has 0 radical (unpaired) electrons. The van der Waals surface area contributed by atoms with Crippen molar-refractivity contribution >= 4 is 5.91 Å². The Kier molecular flexibility index (Phi) is 4.75. The molecule has 1 saturated heterocycles. The van der Waals surface area contributed by atoms with Crippen LogP contribution in [0, 0.1) is 5.82 Å². The fraction of sp³-hybridized carbons (Fsp3) is 0.350. The van der Waals surface area contributed by atoms with E-state index >= 15 is 0 Å². The number of carbonyl (C=O) groups is 1. The predicted octanol–water partition coefficient (Wildman–Crippen LogP) is 3.16. The summed E-state index contributed by atoms with van der Waals surface area (Å²) in [6.07, 6.45) is 5.76.